The Balaban J connectivity index is 0.00000264. The highest BCUT2D eigenvalue weighted by molar-refractivity contribution is 5.85. The third kappa shape index (κ3) is 4.97. The number of hydrogen-bond donors (Lipinski definition) is 2. The van der Waals surface area contributed by atoms with Crippen molar-refractivity contribution in [1.82, 2.24) is 15.1 Å². The monoisotopic (exact) mass is 338 g/mol. The molecule has 0 aliphatic heterocycles. The number of benzene rings is 1. The SMILES string of the molecule is COc1ccc(-n2ccc(CNC(=O)C(C)C(C)N)n2)cc1.Cl. The largest absolute Gasteiger partial charge is 0.497 e. The summed E-state index contributed by atoms with van der Waals surface area (Å²) in [5.74, 6) is 0.519. The van der Waals surface area contributed by atoms with Crippen LogP contribution in [-0.2, 0) is 11.3 Å². The first-order valence-electron chi connectivity index (χ1n) is 7.23. The molecule has 2 atom stereocenters. The van der Waals surface area contributed by atoms with Crippen molar-refractivity contribution < 1.29 is 9.53 Å². The molecule has 1 heterocycles. The van der Waals surface area contributed by atoms with Crippen LogP contribution in [0.3, 0.4) is 0 Å². The van der Waals surface area contributed by atoms with E-state index in [2.05, 4.69) is 10.4 Å². The highest BCUT2D eigenvalue weighted by atomic mass is 35.5. The second kappa shape index (κ2) is 8.55. The minimum Gasteiger partial charge on any atom is -0.497 e. The summed E-state index contributed by atoms with van der Waals surface area (Å²) in [7, 11) is 1.63. The molecule has 7 heteroatoms. The van der Waals surface area contributed by atoms with Gasteiger partial charge in [0.1, 0.15) is 5.75 Å². The Morgan fingerprint density at radius 1 is 1.30 bits per heavy atom. The fraction of sp³-hybridized carbons (Fsp3) is 0.375. The molecule has 0 saturated carbocycles. The molecule has 0 saturated heterocycles. The van der Waals surface area contributed by atoms with Crippen molar-refractivity contribution in [2.45, 2.75) is 26.4 Å². The van der Waals surface area contributed by atoms with Crippen LogP contribution in [0.4, 0.5) is 0 Å². The first-order valence-corrected chi connectivity index (χ1v) is 7.23. The predicted molar refractivity (Wildman–Crippen MR) is 92.0 cm³/mol. The number of methoxy groups -OCH3 is 1. The number of carbonyl (C=O) groups is 1. The maximum atomic E-state index is 11.9. The Bertz CT molecular complexity index is 625. The molecule has 2 aromatic rings. The van der Waals surface area contributed by atoms with Crippen molar-refractivity contribution >= 4 is 18.3 Å². The Hall–Kier alpha value is -2.05. The van der Waals surface area contributed by atoms with Gasteiger partial charge in [-0.1, -0.05) is 6.92 Å². The zero-order valence-electron chi connectivity index (χ0n) is 13.5. The number of hydrogen-bond acceptors (Lipinski definition) is 4. The van der Waals surface area contributed by atoms with E-state index in [9.17, 15) is 4.79 Å². The van der Waals surface area contributed by atoms with E-state index in [1.807, 2.05) is 50.4 Å². The number of nitrogens with one attached hydrogen (secondary N) is 1. The topological polar surface area (TPSA) is 82.2 Å². The van der Waals surface area contributed by atoms with Crippen molar-refractivity contribution in [3.63, 3.8) is 0 Å². The fourth-order valence-electron chi connectivity index (χ4n) is 1.91. The molecular formula is C16H23ClN4O2. The third-order valence-electron chi connectivity index (χ3n) is 3.63. The molecule has 2 rings (SSSR count). The summed E-state index contributed by atoms with van der Waals surface area (Å²) in [6.45, 7) is 4.03. The van der Waals surface area contributed by atoms with Crippen LogP contribution >= 0.6 is 12.4 Å². The summed E-state index contributed by atoms with van der Waals surface area (Å²) in [6.07, 6.45) is 1.86. The van der Waals surface area contributed by atoms with Crippen molar-refractivity contribution in [2.24, 2.45) is 11.7 Å². The zero-order valence-corrected chi connectivity index (χ0v) is 14.3. The Morgan fingerprint density at radius 3 is 2.52 bits per heavy atom. The smallest absolute Gasteiger partial charge is 0.224 e. The molecule has 1 aromatic carbocycles. The fourth-order valence-corrected chi connectivity index (χ4v) is 1.91. The molecule has 1 aromatic heterocycles. The number of nitrogens with zero attached hydrogens (tertiary/aromatic N) is 2. The molecule has 126 valence electrons. The van der Waals surface area contributed by atoms with Gasteiger partial charge < -0.3 is 15.8 Å². The molecule has 1 amide bonds. The molecule has 0 fully saturated rings. The molecule has 2 unspecified atom stereocenters. The summed E-state index contributed by atoms with van der Waals surface area (Å²) in [5.41, 5.74) is 7.44. The van der Waals surface area contributed by atoms with Crippen LogP contribution in [0.15, 0.2) is 36.5 Å². The van der Waals surface area contributed by atoms with Gasteiger partial charge in [-0.3, -0.25) is 4.79 Å². The van der Waals surface area contributed by atoms with Gasteiger partial charge in [0.15, 0.2) is 0 Å². The summed E-state index contributed by atoms with van der Waals surface area (Å²) in [6, 6.07) is 9.31. The molecular weight excluding hydrogens is 316 g/mol. The molecule has 0 bridgehead atoms. The second-order valence-electron chi connectivity index (χ2n) is 5.32. The van der Waals surface area contributed by atoms with E-state index in [1.54, 1.807) is 11.8 Å². The number of nitrogens with two attached hydrogens (primary N) is 1. The minimum atomic E-state index is -0.219. The molecule has 23 heavy (non-hydrogen) atoms. The second-order valence-corrected chi connectivity index (χ2v) is 5.32. The highest BCUT2D eigenvalue weighted by Crippen LogP contribution is 2.14. The van der Waals surface area contributed by atoms with E-state index < -0.39 is 0 Å². The molecule has 0 spiro atoms. The van der Waals surface area contributed by atoms with Gasteiger partial charge >= 0.3 is 0 Å². The van der Waals surface area contributed by atoms with Gasteiger partial charge in [0.05, 0.1) is 25.0 Å². The van der Waals surface area contributed by atoms with Crippen molar-refractivity contribution in [2.75, 3.05) is 7.11 Å². The maximum absolute atomic E-state index is 11.9. The van der Waals surface area contributed by atoms with Gasteiger partial charge in [-0.15, -0.1) is 12.4 Å². The standard InChI is InChI=1S/C16H22N4O2.ClH/c1-11(12(2)17)16(21)18-10-13-8-9-20(19-13)14-4-6-15(22-3)7-5-14;/h4-9,11-12H,10,17H2,1-3H3,(H,18,21);1H. The number of amides is 1. The third-order valence-corrected chi connectivity index (χ3v) is 3.63. The average Bonchev–Trinajstić information content (AvgIpc) is 3.00. The van der Waals surface area contributed by atoms with E-state index in [1.165, 1.54) is 0 Å². The van der Waals surface area contributed by atoms with Gasteiger partial charge in [0.25, 0.3) is 0 Å². The first kappa shape index (κ1) is 19.0. The number of carbonyl (C=O) groups excluding carboxylic acids is 1. The number of ether oxygens (including phenoxy) is 1. The minimum absolute atomic E-state index is 0. The molecule has 0 aliphatic carbocycles. The van der Waals surface area contributed by atoms with Gasteiger partial charge in [0, 0.05) is 18.2 Å². The number of halogens is 1. The zero-order chi connectivity index (χ0) is 16.1. The van der Waals surface area contributed by atoms with E-state index in [0.29, 0.717) is 6.54 Å². The van der Waals surface area contributed by atoms with Crippen LogP contribution in [0.1, 0.15) is 19.5 Å². The lowest BCUT2D eigenvalue weighted by molar-refractivity contribution is -0.125. The van der Waals surface area contributed by atoms with Crippen LogP contribution in [0.5, 0.6) is 5.75 Å². The van der Waals surface area contributed by atoms with Crippen molar-refractivity contribution in [3.8, 4) is 11.4 Å². The summed E-state index contributed by atoms with van der Waals surface area (Å²) in [4.78, 5) is 11.9. The van der Waals surface area contributed by atoms with Crippen LogP contribution < -0.4 is 15.8 Å². The lowest BCUT2D eigenvalue weighted by Gasteiger charge is -2.14. The van der Waals surface area contributed by atoms with Crippen molar-refractivity contribution in [1.29, 1.82) is 0 Å². The van der Waals surface area contributed by atoms with Crippen molar-refractivity contribution in [3.05, 3.63) is 42.2 Å². The Morgan fingerprint density at radius 2 is 1.96 bits per heavy atom. The molecule has 0 radical (unpaired) electrons. The number of aromatic nitrogens is 2. The Kier molecular flexibility index (Phi) is 7.06. The van der Waals surface area contributed by atoms with E-state index in [4.69, 9.17) is 10.5 Å². The lowest BCUT2D eigenvalue weighted by atomic mass is 10.0. The molecule has 6 nitrogen and oxygen atoms in total. The number of rotatable bonds is 6. The lowest BCUT2D eigenvalue weighted by Crippen LogP contribution is -2.38. The highest BCUT2D eigenvalue weighted by Gasteiger charge is 2.16. The van der Waals surface area contributed by atoms with Gasteiger partial charge in [-0.25, -0.2) is 4.68 Å². The van der Waals surface area contributed by atoms with Gasteiger partial charge in [-0.05, 0) is 37.3 Å². The Labute approximate surface area is 142 Å². The van der Waals surface area contributed by atoms with Gasteiger partial charge in [-0.2, -0.15) is 5.10 Å². The molecule has 3 N–H and O–H groups in total. The summed E-state index contributed by atoms with van der Waals surface area (Å²) >= 11 is 0. The maximum Gasteiger partial charge on any atom is 0.224 e. The van der Waals surface area contributed by atoms with Crippen LogP contribution in [0.2, 0.25) is 0 Å². The average molecular weight is 339 g/mol. The van der Waals surface area contributed by atoms with E-state index in [-0.39, 0.29) is 30.3 Å². The first-order chi connectivity index (χ1) is 10.5. The summed E-state index contributed by atoms with van der Waals surface area (Å²) in [5, 5.41) is 7.29. The van der Waals surface area contributed by atoms with E-state index in [0.717, 1.165) is 17.1 Å². The van der Waals surface area contributed by atoms with Gasteiger partial charge in [0.2, 0.25) is 5.91 Å². The molecule has 0 aliphatic rings. The van der Waals surface area contributed by atoms with Crippen LogP contribution in [0.25, 0.3) is 5.69 Å². The van der Waals surface area contributed by atoms with Crippen LogP contribution in [-0.4, -0.2) is 28.8 Å². The quantitative estimate of drug-likeness (QED) is 0.842. The van der Waals surface area contributed by atoms with E-state index >= 15 is 0 Å². The summed E-state index contributed by atoms with van der Waals surface area (Å²) < 4.78 is 6.89. The predicted octanol–water partition coefficient (Wildman–Crippen LogP) is 1.90. The normalized spacial score (nSPS) is 12.9. The van der Waals surface area contributed by atoms with Crippen LogP contribution in [0, 0.1) is 5.92 Å².